The molecule has 0 aliphatic heterocycles. The largest absolute Gasteiger partial charge is 0.346 e. The molecule has 42 heavy (non-hydrogen) atoms. The van der Waals surface area contributed by atoms with E-state index in [1.807, 2.05) is 0 Å². The third kappa shape index (κ3) is 25.5. The highest BCUT2D eigenvalue weighted by molar-refractivity contribution is 8.10. The third-order valence-electron chi connectivity index (χ3n) is 8.19. The van der Waals surface area contributed by atoms with Crippen molar-refractivity contribution in [1.82, 2.24) is 0 Å². The fourth-order valence-electron chi connectivity index (χ4n) is 5.35. The van der Waals surface area contributed by atoms with Crippen LogP contribution in [0.25, 0.3) is 0 Å². The van der Waals surface area contributed by atoms with Gasteiger partial charge in [-0.25, -0.2) is 0 Å². The fraction of sp³-hybridized carbons (Fsp3) is 0.917. The van der Waals surface area contributed by atoms with Crippen molar-refractivity contribution in [3.8, 4) is 0 Å². The van der Waals surface area contributed by atoms with Gasteiger partial charge in [-0.15, -0.1) is 11.5 Å². The Labute approximate surface area is 264 Å². The summed E-state index contributed by atoms with van der Waals surface area (Å²) in [5.41, 5.74) is 0. The molecule has 0 amide bonds. The molecule has 0 heterocycles. The minimum atomic E-state index is -1.88. The van der Waals surface area contributed by atoms with Crippen molar-refractivity contribution < 1.29 is 22.7 Å². The van der Waals surface area contributed by atoms with Crippen molar-refractivity contribution in [2.45, 2.75) is 213 Å². The van der Waals surface area contributed by atoms with Crippen LogP contribution < -0.4 is 0 Å². The number of ketones is 1. The molecule has 6 heteroatoms. The topological polar surface area (TPSA) is 69.7 Å². The zero-order chi connectivity index (χ0) is 31.1. The number of hydrogen-bond donors (Lipinski definition) is 1. The van der Waals surface area contributed by atoms with Gasteiger partial charge in [-0.1, -0.05) is 175 Å². The minimum Gasteiger partial charge on any atom is -0.346 e. The second-order valence-electron chi connectivity index (χ2n) is 12.2. The first-order chi connectivity index (χ1) is 20.5. The van der Waals surface area contributed by atoms with E-state index >= 15 is 0 Å². The average Bonchev–Trinajstić information content (AvgIpc) is 2.99. The first-order valence-electron chi connectivity index (χ1n) is 18.2. The lowest BCUT2D eigenvalue weighted by Crippen LogP contribution is -2.26. The zero-order valence-corrected chi connectivity index (χ0v) is 29.3. The van der Waals surface area contributed by atoms with Crippen molar-refractivity contribution in [3.05, 3.63) is 0 Å². The smallest absolute Gasteiger partial charge is 0.328 e. The van der Waals surface area contributed by atoms with Gasteiger partial charge in [-0.3, -0.25) is 14.4 Å². The first kappa shape index (κ1) is 41.0. The van der Waals surface area contributed by atoms with Crippen LogP contribution in [-0.2, 0) is 22.7 Å². The Hall–Kier alpha value is -1.04. The van der Waals surface area contributed by atoms with Crippen LogP contribution >= 0.6 is 11.5 Å². The van der Waals surface area contributed by atoms with Crippen molar-refractivity contribution in [2.75, 3.05) is 0 Å². The van der Waals surface area contributed by atoms with E-state index in [0.29, 0.717) is 12.8 Å². The number of Topliss-reactive ketones (excluding diaryl/α,β-unsaturated/α-hetero) is 1. The van der Waals surface area contributed by atoms with Crippen LogP contribution in [0.2, 0.25) is 0 Å². The molecule has 0 radical (unpaired) electrons. The molecule has 0 fully saturated rings. The second-order valence-corrected chi connectivity index (χ2v) is 13.8. The molecule has 1 atom stereocenters. The summed E-state index contributed by atoms with van der Waals surface area (Å²) < 4.78 is 11.2. The lowest BCUT2D eigenvalue weighted by Gasteiger charge is -2.31. The summed E-state index contributed by atoms with van der Waals surface area (Å²) in [6.45, 7) is 7.96. The van der Waals surface area contributed by atoms with Gasteiger partial charge in [0, 0.05) is 19.3 Å². The van der Waals surface area contributed by atoms with Gasteiger partial charge < -0.3 is 8.37 Å². The maximum atomic E-state index is 13.3. The van der Waals surface area contributed by atoms with E-state index in [0.717, 1.165) is 38.5 Å². The summed E-state index contributed by atoms with van der Waals surface area (Å²) in [5, 5.41) is -0.498. The summed E-state index contributed by atoms with van der Waals surface area (Å²) in [6, 6.07) is 0. The number of unbranched alkanes of at least 4 members (excludes halogenated alkanes) is 22. The number of hydrogen-bond acceptors (Lipinski definition) is 5. The minimum absolute atomic E-state index is 0.0993. The number of rotatable bonds is 32. The van der Waals surface area contributed by atoms with Gasteiger partial charge in [-0.05, 0) is 12.8 Å². The van der Waals surface area contributed by atoms with E-state index in [2.05, 4.69) is 13.8 Å². The third-order valence-corrected chi connectivity index (χ3v) is 10.0. The predicted molar refractivity (Wildman–Crippen MR) is 182 cm³/mol. The number of carbonyl (C=O) groups excluding carboxylic acids is 3. The van der Waals surface area contributed by atoms with Crippen LogP contribution in [0.15, 0.2) is 0 Å². The van der Waals surface area contributed by atoms with E-state index in [4.69, 9.17) is 8.37 Å². The van der Waals surface area contributed by atoms with Crippen LogP contribution in [0.3, 0.4) is 0 Å². The predicted octanol–water partition coefficient (Wildman–Crippen LogP) is 11.8. The van der Waals surface area contributed by atoms with Crippen LogP contribution in [0, 0.1) is 0 Å². The van der Waals surface area contributed by atoms with Gasteiger partial charge in [-0.2, -0.15) is 0 Å². The molecule has 0 aromatic heterocycles. The van der Waals surface area contributed by atoms with Crippen molar-refractivity contribution in [3.63, 3.8) is 0 Å². The average molecular weight is 615 g/mol. The molecule has 5 nitrogen and oxygen atoms in total. The van der Waals surface area contributed by atoms with E-state index in [1.54, 1.807) is 13.8 Å². The van der Waals surface area contributed by atoms with Gasteiger partial charge in [0.1, 0.15) is 5.25 Å². The van der Waals surface area contributed by atoms with Gasteiger partial charge in [0.2, 0.25) is 0 Å². The maximum Gasteiger partial charge on any atom is 0.328 e. The van der Waals surface area contributed by atoms with Gasteiger partial charge in [0.05, 0.1) is 0 Å². The molecule has 0 spiro atoms. The summed E-state index contributed by atoms with van der Waals surface area (Å²) in [7, 11) is 0. The molecule has 0 rings (SSSR count). The molecule has 0 bridgehead atoms. The zero-order valence-electron chi connectivity index (χ0n) is 28.4. The molecule has 0 aromatic rings. The second kappa shape index (κ2) is 31.4. The molecule has 0 saturated heterocycles. The molecule has 0 saturated carbocycles. The Morgan fingerprint density at radius 2 is 0.762 bits per heavy atom. The van der Waals surface area contributed by atoms with E-state index < -0.39 is 28.6 Å². The monoisotopic (exact) mass is 614 g/mol. The summed E-state index contributed by atoms with van der Waals surface area (Å²) in [6.07, 6.45) is 31.7. The van der Waals surface area contributed by atoms with Crippen LogP contribution in [-0.4, -0.2) is 23.0 Å². The Morgan fingerprint density at radius 1 is 0.452 bits per heavy atom. The van der Waals surface area contributed by atoms with Crippen molar-refractivity contribution >= 4 is 29.2 Å². The standard InChI is InChI=1S/C36H70O5S/c1-5-9-11-13-15-17-18-19-20-21-22-24-26-28-30-32-34(42(40-35(38)7-3)41-36(39)8-4)33(37)31-29-27-25-23-16-14-12-10-6-2/h34,42H,5-32H2,1-4H3. The van der Waals surface area contributed by atoms with E-state index in [-0.39, 0.29) is 18.6 Å². The van der Waals surface area contributed by atoms with Crippen LogP contribution in [0.1, 0.15) is 207 Å². The SMILES string of the molecule is CCCCCCCCCCCCCCCCCC(C(=O)CCCCCCCCCCC)[SH](OC(=O)CC)OC(=O)CC. The molecular weight excluding hydrogens is 544 g/mol. The Balaban J connectivity index is 4.47. The Bertz CT molecular complexity index is 620. The molecular formula is C36H70O5S. The van der Waals surface area contributed by atoms with Crippen molar-refractivity contribution in [2.24, 2.45) is 0 Å². The molecule has 1 unspecified atom stereocenters. The quantitative estimate of drug-likeness (QED) is 0.0603. The molecule has 0 aliphatic rings. The number of carbonyl (C=O) groups is 3. The molecule has 250 valence electrons. The lowest BCUT2D eigenvalue weighted by atomic mass is 10.0. The summed E-state index contributed by atoms with van der Waals surface area (Å²) in [5.74, 6) is -0.702. The molecule has 0 aliphatic carbocycles. The first-order valence-corrected chi connectivity index (χ1v) is 19.5. The van der Waals surface area contributed by atoms with E-state index in [9.17, 15) is 14.4 Å². The molecule has 0 aromatic carbocycles. The highest BCUT2D eigenvalue weighted by Crippen LogP contribution is 2.39. The highest BCUT2D eigenvalue weighted by atomic mass is 32.2. The van der Waals surface area contributed by atoms with Gasteiger partial charge in [0.15, 0.2) is 5.78 Å². The highest BCUT2D eigenvalue weighted by Gasteiger charge is 2.28. The Kier molecular flexibility index (Phi) is 30.6. The Morgan fingerprint density at radius 3 is 1.10 bits per heavy atom. The summed E-state index contributed by atoms with van der Waals surface area (Å²) >= 11 is -1.88. The van der Waals surface area contributed by atoms with E-state index in [1.165, 1.54) is 116 Å². The summed E-state index contributed by atoms with van der Waals surface area (Å²) in [4.78, 5) is 37.6. The maximum absolute atomic E-state index is 13.3. The van der Waals surface area contributed by atoms with Crippen LogP contribution in [0.4, 0.5) is 0 Å². The van der Waals surface area contributed by atoms with Gasteiger partial charge in [0.25, 0.3) is 0 Å². The van der Waals surface area contributed by atoms with Crippen molar-refractivity contribution in [1.29, 1.82) is 0 Å². The fourth-order valence-corrected chi connectivity index (χ4v) is 7.05. The molecule has 0 N–H and O–H groups in total. The number of thiol groups is 1. The van der Waals surface area contributed by atoms with Crippen LogP contribution in [0.5, 0.6) is 0 Å². The van der Waals surface area contributed by atoms with Gasteiger partial charge >= 0.3 is 11.9 Å². The lowest BCUT2D eigenvalue weighted by molar-refractivity contribution is -0.136. The normalized spacial score (nSPS) is 12.2.